The van der Waals surface area contributed by atoms with Crippen LogP contribution in [0, 0.1) is 0 Å². The van der Waals surface area contributed by atoms with Gasteiger partial charge in [0.15, 0.2) is 0 Å². The van der Waals surface area contributed by atoms with Crippen LogP contribution in [0.15, 0.2) is 24.9 Å². The highest BCUT2D eigenvalue weighted by atomic mass is 15.2. The van der Waals surface area contributed by atoms with Crippen molar-refractivity contribution in [2.24, 2.45) is 5.73 Å². The standard InChI is InChI=1S/C10H16N4/c1-8(11)14-4-2-9(3-5-14)10-6-12-7-13-10/h6-7,9H,1-5,11H2,(H,12,13). The van der Waals surface area contributed by atoms with Crippen LogP contribution in [0.5, 0.6) is 0 Å². The van der Waals surface area contributed by atoms with E-state index in [4.69, 9.17) is 5.73 Å². The highest BCUT2D eigenvalue weighted by Gasteiger charge is 2.20. The van der Waals surface area contributed by atoms with Crippen molar-refractivity contribution in [3.05, 3.63) is 30.6 Å². The topological polar surface area (TPSA) is 57.9 Å². The number of nitrogens with zero attached hydrogens (tertiary/aromatic N) is 2. The van der Waals surface area contributed by atoms with Gasteiger partial charge in [-0.25, -0.2) is 4.98 Å². The third-order valence-electron chi connectivity index (χ3n) is 2.86. The molecule has 0 aromatic carbocycles. The predicted octanol–water partition coefficient (Wildman–Crippen LogP) is 1.02. The minimum Gasteiger partial charge on any atom is -0.386 e. The van der Waals surface area contributed by atoms with Crippen molar-refractivity contribution in [3.63, 3.8) is 0 Å². The summed E-state index contributed by atoms with van der Waals surface area (Å²) >= 11 is 0. The van der Waals surface area contributed by atoms with Gasteiger partial charge >= 0.3 is 0 Å². The summed E-state index contributed by atoms with van der Waals surface area (Å²) in [6, 6.07) is 0. The summed E-state index contributed by atoms with van der Waals surface area (Å²) in [7, 11) is 0. The molecule has 0 aliphatic carbocycles. The van der Waals surface area contributed by atoms with Gasteiger partial charge in [-0.15, -0.1) is 0 Å². The van der Waals surface area contributed by atoms with Crippen molar-refractivity contribution < 1.29 is 0 Å². The molecule has 4 nitrogen and oxygen atoms in total. The average Bonchev–Trinajstić information content (AvgIpc) is 2.71. The van der Waals surface area contributed by atoms with E-state index >= 15 is 0 Å². The molecule has 0 unspecified atom stereocenters. The summed E-state index contributed by atoms with van der Waals surface area (Å²) in [6.45, 7) is 5.75. The Labute approximate surface area is 83.8 Å². The maximum Gasteiger partial charge on any atom is 0.0921 e. The Kier molecular flexibility index (Phi) is 2.43. The summed E-state index contributed by atoms with van der Waals surface area (Å²) in [5, 5.41) is 0. The molecule has 4 heteroatoms. The van der Waals surface area contributed by atoms with E-state index < -0.39 is 0 Å². The summed E-state index contributed by atoms with van der Waals surface area (Å²) < 4.78 is 0. The van der Waals surface area contributed by atoms with Gasteiger partial charge in [-0.3, -0.25) is 0 Å². The lowest BCUT2D eigenvalue weighted by molar-refractivity contribution is 0.260. The van der Waals surface area contributed by atoms with Crippen LogP contribution >= 0.6 is 0 Å². The van der Waals surface area contributed by atoms with E-state index in [-0.39, 0.29) is 0 Å². The fourth-order valence-electron chi connectivity index (χ4n) is 1.97. The van der Waals surface area contributed by atoms with E-state index in [9.17, 15) is 0 Å². The number of hydrogen-bond donors (Lipinski definition) is 2. The summed E-state index contributed by atoms with van der Waals surface area (Å²) in [5.74, 6) is 1.29. The first kappa shape index (κ1) is 9.12. The van der Waals surface area contributed by atoms with E-state index in [1.807, 2.05) is 6.20 Å². The quantitative estimate of drug-likeness (QED) is 0.735. The van der Waals surface area contributed by atoms with Crippen molar-refractivity contribution in [1.29, 1.82) is 0 Å². The van der Waals surface area contributed by atoms with Crippen LogP contribution in [0.3, 0.4) is 0 Å². The number of aromatic nitrogens is 2. The van der Waals surface area contributed by atoms with E-state index in [1.54, 1.807) is 6.33 Å². The summed E-state index contributed by atoms with van der Waals surface area (Å²) in [5.41, 5.74) is 6.89. The van der Waals surface area contributed by atoms with E-state index in [0.29, 0.717) is 11.7 Å². The molecule has 0 amide bonds. The maximum absolute atomic E-state index is 5.64. The van der Waals surface area contributed by atoms with E-state index in [2.05, 4.69) is 21.4 Å². The number of likely N-dealkylation sites (tertiary alicyclic amines) is 1. The fraction of sp³-hybridized carbons (Fsp3) is 0.500. The van der Waals surface area contributed by atoms with Crippen LogP contribution < -0.4 is 5.73 Å². The van der Waals surface area contributed by atoms with Crippen LogP contribution in [0.4, 0.5) is 0 Å². The highest BCUT2D eigenvalue weighted by Crippen LogP contribution is 2.26. The number of nitrogens with one attached hydrogen (secondary N) is 1. The molecule has 76 valence electrons. The zero-order valence-corrected chi connectivity index (χ0v) is 8.24. The third kappa shape index (κ3) is 1.73. The molecule has 1 aliphatic heterocycles. The van der Waals surface area contributed by atoms with Crippen molar-refractivity contribution in [3.8, 4) is 0 Å². The monoisotopic (exact) mass is 192 g/mol. The van der Waals surface area contributed by atoms with Crippen molar-refractivity contribution >= 4 is 0 Å². The van der Waals surface area contributed by atoms with Crippen molar-refractivity contribution in [2.45, 2.75) is 18.8 Å². The Morgan fingerprint density at radius 1 is 1.57 bits per heavy atom. The summed E-state index contributed by atoms with van der Waals surface area (Å²) in [6.07, 6.45) is 5.90. The van der Waals surface area contributed by atoms with Gasteiger partial charge < -0.3 is 15.6 Å². The Morgan fingerprint density at radius 2 is 2.29 bits per heavy atom. The SMILES string of the molecule is C=C(N)N1CCC(c2cnc[nH]2)CC1. The minimum atomic E-state index is 0.605. The molecule has 2 rings (SSSR count). The Bertz CT molecular complexity index is 296. The van der Waals surface area contributed by atoms with Gasteiger partial charge in [-0.05, 0) is 12.8 Å². The molecule has 0 atom stereocenters. The van der Waals surface area contributed by atoms with Gasteiger partial charge in [-0.1, -0.05) is 6.58 Å². The Hall–Kier alpha value is -1.45. The lowest BCUT2D eigenvalue weighted by atomic mass is 9.94. The number of imidazole rings is 1. The Morgan fingerprint density at radius 3 is 2.79 bits per heavy atom. The molecule has 0 spiro atoms. The average molecular weight is 192 g/mol. The van der Waals surface area contributed by atoms with E-state index in [1.165, 1.54) is 5.69 Å². The maximum atomic E-state index is 5.64. The minimum absolute atomic E-state index is 0.605. The van der Waals surface area contributed by atoms with Crippen molar-refractivity contribution in [1.82, 2.24) is 14.9 Å². The van der Waals surface area contributed by atoms with Crippen LogP contribution in [-0.2, 0) is 0 Å². The molecule has 1 fully saturated rings. The molecular formula is C10H16N4. The molecule has 1 aliphatic rings. The molecule has 3 N–H and O–H groups in total. The fourth-order valence-corrected chi connectivity index (χ4v) is 1.97. The van der Waals surface area contributed by atoms with E-state index in [0.717, 1.165) is 25.9 Å². The second kappa shape index (κ2) is 3.74. The molecule has 0 bridgehead atoms. The number of rotatable bonds is 2. The number of H-pyrrole nitrogens is 1. The van der Waals surface area contributed by atoms with Gasteiger partial charge in [-0.2, -0.15) is 0 Å². The number of piperidine rings is 1. The molecule has 14 heavy (non-hydrogen) atoms. The zero-order valence-electron chi connectivity index (χ0n) is 8.24. The lowest BCUT2D eigenvalue weighted by Gasteiger charge is -2.32. The van der Waals surface area contributed by atoms with Gasteiger partial charge in [0.1, 0.15) is 0 Å². The lowest BCUT2D eigenvalue weighted by Crippen LogP contribution is -2.34. The summed E-state index contributed by atoms with van der Waals surface area (Å²) in [4.78, 5) is 9.34. The Balaban J connectivity index is 1.93. The third-order valence-corrected chi connectivity index (χ3v) is 2.86. The van der Waals surface area contributed by atoms with Crippen LogP contribution in [0.25, 0.3) is 0 Å². The number of hydrogen-bond acceptors (Lipinski definition) is 3. The first-order valence-electron chi connectivity index (χ1n) is 4.95. The highest BCUT2D eigenvalue weighted by molar-refractivity contribution is 5.06. The first-order chi connectivity index (χ1) is 6.77. The second-order valence-corrected chi connectivity index (χ2v) is 3.76. The van der Waals surface area contributed by atoms with Crippen LogP contribution in [-0.4, -0.2) is 28.0 Å². The van der Waals surface area contributed by atoms with Crippen LogP contribution in [0.2, 0.25) is 0 Å². The predicted molar refractivity (Wildman–Crippen MR) is 55.5 cm³/mol. The number of nitrogens with two attached hydrogens (primary N) is 1. The van der Waals surface area contributed by atoms with Crippen LogP contribution in [0.1, 0.15) is 24.5 Å². The first-order valence-corrected chi connectivity index (χ1v) is 4.95. The smallest absolute Gasteiger partial charge is 0.0921 e. The molecule has 1 aromatic rings. The number of aromatic amines is 1. The molecule has 1 aromatic heterocycles. The van der Waals surface area contributed by atoms with Crippen molar-refractivity contribution in [2.75, 3.05) is 13.1 Å². The molecular weight excluding hydrogens is 176 g/mol. The second-order valence-electron chi connectivity index (χ2n) is 3.76. The molecule has 2 heterocycles. The molecule has 0 saturated carbocycles. The van der Waals surface area contributed by atoms with Gasteiger partial charge in [0.2, 0.25) is 0 Å². The molecule has 0 radical (unpaired) electrons. The van der Waals surface area contributed by atoms with Gasteiger partial charge in [0.25, 0.3) is 0 Å². The van der Waals surface area contributed by atoms with Gasteiger partial charge in [0.05, 0.1) is 12.1 Å². The van der Waals surface area contributed by atoms with Gasteiger partial charge in [0, 0.05) is 30.9 Å². The normalized spacial score (nSPS) is 18.4. The zero-order chi connectivity index (χ0) is 9.97. The molecule has 1 saturated heterocycles. The largest absolute Gasteiger partial charge is 0.386 e.